The third-order valence-corrected chi connectivity index (χ3v) is 4.04. The zero-order chi connectivity index (χ0) is 11.7. The molecule has 1 aliphatic heterocycles. The third-order valence-electron chi connectivity index (χ3n) is 4.04. The lowest BCUT2D eigenvalue weighted by atomic mass is 9.89. The Kier molecular flexibility index (Phi) is 7.11. The van der Waals surface area contributed by atoms with E-state index in [0.29, 0.717) is 5.54 Å². The van der Waals surface area contributed by atoms with Gasteiger partial charge in [0.15, 0.2) is 0 Å². The summed E-state index contributed by atoms with van der Waals surface area (Å²) < 4.78 is 0. The zero-order valence-electron chi connectivity index (χ0n) is 11.5. The van der Waals surface area contributed by atoms with Gasteiger partial charge in [0.2, 0.25) is 0 Å². The van der Waals surface area contributed by atoms with Crippen molar-refractivity contribution in [2.75, 3.05) is 6.54 Å². The molecule has 1 N–H and O–H groups in total. The van der Waals surface area contributed by atoms with Crippen molar-refractivity contribution < 1.29 is 0 Å². The molecule has 0 bridgehead atoms. The number of rotatable bonds is 7. The van der Waals surface area contributed by atoms with Crippen molar-refractivity contribution in [3.05, 3.63) is 0 Å². The molecule has 0 aliphatic carbocycles. The summed E-state index contributed by atoms with van der Waals surface area (Å²) in [4.78, 5) is 0. The number of nitrogens with one attached hydrogen (secondary N) is 1. The van der Waals surface area contributed by atoms with E-state index in [1.807, 2.05) is 0 Å². The maximum Gasteiger partial charge on any atom is 0.0153 e. The highest BCUT2D eigenvalue weighted by Crippen LogP contribution is 2.24. The van der Waals surface area contributed by atoms with Crippen LogP contribution in [0.3, 0.4) is 0 Å². The highest BCUT2D eigenvalue weighted by molar-refractivity contribution is 4.84. The van der Waals surface area contributed by atoms with Gasteiger partial charge in [0.05, 0.1) is 0 Å². The number of hydrogen-bond donors (Lipinski definition) is 1. The Labute approximate surface area is 102 Å². The van der Waals surface area contributed by atoms with Crippen LogP contribution >= 0.6 is 0 Å². The maximum atomic E-state index is 3.76. The average molecular weight is 225 g/mol. The Morgan fingerprint density at radius 2 is 1.69 bits per heavy atom. The zero-order valence-corrected chi connectivity index (χ0v) is 11.5. The highest BCUT2D eigenvalue weighted by Gasteiger charge is 2.23. The van der Waals surface area contributed by atoms with Gasteiger partial charge in [-0.15, -0.1) is 0 Å². The van der Waals surface area contributed by atoms with Gasteiger partial charge in [-0.25, -0.2) is 0 Å². The lowest BCUT2D eigenvalue weighted by Gasteiger charge is -2.29. The van der Waals surface area contributed by atoms with Gasteiger partial charge >= 0.3 is 0 Å². The Bertz CT molecular complexity index is 157. The molecule has 16 heavy (non-hydrogen) atoms. The summed E-state index contributed by atoms with van der Waals surface area (Å²) in [5.41, 5.74) is 0.460. The Balaban J connectivity index is 2.05. The minimum absolute atomic E-state index is 0.460. The summed E-state index contributed by atoms with van der Waals surface area (Å²) in [5.74, 6) is 0. The van der Waals surface area contributed by atoms with Gasteiger partial charge in [0.25, 0.3) is 0 Å². The summed E-state index contributed by atoms with van der Waals surface area (Å²) in [7, 11) is 0. The number of hydrogen-bond acceptors (Lipinski definition) is 1. The van der Waals surface area contributed by atoms with Crippen LogP contribution in [0.15, 0.2) is 0 Å². The molecule has 1 atom stereocenters. The van der Waals surface area contributed by atoms with Gasteiger partial charge in [0, 0.05) is 5.54 Å². The van der Waals surface area contributed by atoms with Gasteiger partial charge in [0.1, 0.15) is 0 Å². The first-order valence-electron chi connectivity index (χ1n) is 7.52. The van der Waals surface area contributed by atoms with E-state index in [1.54, 1.807) is 0 Å². The van der Waals surface area contributed by atoms with Crippen molar-refractivity contribution in [3.8, 4) is 0 Å². The monoisotopic (exact) mass is 225 g/mol. The topological polar surface area (TPSA) is 12.0 Å². The smallest absolute Gasteiger partial charge is 0.0153 e. The van der Waals surface area contributed by atoms with Crippen LogP contribution in [0.4, 0.5) is 0 Å². The van der Waals surface area contributed by atoms with Crippen LogP contribution in [0.2, 0.25) is 0 Å². The van der Waals surface area contributed by atoms with Crippen LogP contribution < -0.4 is 5.32 Å². The van der Waals surface area contributed by atoms with Crippen LogP contribution in [-0.2, 0) is 0 Å². The molecule has 0 saturated carbocycles. The lowest BCUT2D eigenvalue weighted by molar-refractivity contribution is 0.311. The summed E-state index contributed by atoms with van der Waals surface area (Å²) >= 11 is 0. The van der Waals surface area contributed by atoms with Crippen LogP contribution in [0.5, 0.6) is 0 Å². The fourth-order valence-corrected chi connectivity index (χ4v) is 2.80. The quantitative estimate of drug-likeness (QED) is 0.621. The highest BCUT2D eigenvalue weighted by atomic mass is 15.0. The van der Waals surface area contributed by atoms with E-state index in [1.165, 1.54) is 77.2 Å². The molecule has 1 heteroatoms. The molecule has 0 amide bonds. The minimum atomic E-state index is 0.460. The van der Waals surface area contributed by atoms with Crippen LogP contribution in [0.25, 0.3) is 0 Å². The van der Waals surface area contributed by atoms with Gasteiger partial charge in [-0.2, -0.15) is 0 Å². The molecule has 1 heterocycles. The fourth-order valence-electron chi connectivity index (χ4n) is 2.80. The van der Waals surface area contributed by atoms with Gasteiger partial charge in [-0.3, -0.25) is 0 Å². The van der Waals surface area contributed by atoms with E-state index in [9.17, 15) is 0 Å². The average Bonchev–Trinajstić information content (AvgIpc) is 2.49. The Morgan fingerprint density at radius 1 is 0.938 bits per heavy atom. The van der Waals surface area contributed by atoms with Crippen molar-refractivity contribution in [2.24, 2.45) is 0 Å². The van der Waals surface area contributed by atoms with E-state index >= 15 is 0 Å². The molecule has 1 fully saturated rings. The van der Waals surface area contributed by atoms with Crippen molar-refractivity contribution in [1.82, 2.24) is 5.32 Å². The third kappa shape index (κ3) is 5.89. The molecule has 1 saturated heterocycles. The Hall–Kier alpha value is -0.0400. The van der Waals surface area contributed by atoms with Gasteiger partial charge in [-0.1, -0.05) is 58.3 Å². The van der Waals surface area contributed by atoms with Gasteiger partial charge in [-0.05, 0) is 32.7 Å². The van der Waals surface area contributed by atoms with E-state index in [0.717, 1.165) is 0 Å². The summed E-state index contributed by atoms with van der Waals surface area (Å²) in [6, 6.07) is 0. The fraction of sp³-hybridized carbons (Fsp3) is 1.00. The first-order chi connectivity index (χ1) is 7.77. The Morgan fingerprint density at radius 3 is 2.50 bits per heavy atom. The standard InChI is InChI=1S/C15H31N/c1-3-4-5-6-7-9-12-15(2)13-10-8-11-14-16-15/h16H,3-14H2,1-2H3. The largest absolute Gasteiger partial charge is 0.312 e. The van der Waals surface area contributed by atoms with E-state index in [-0.39, 0.29) is 0 Å². The molecule has 1 unspecified atom stereocenters. The van der Waals surface area contributed by atoms with Crippen molar-refractivity contribution in [1.29, 1.82) is 0 Å². The second kappa shape index (κ2) is 8.11. The van der Waals surface area contributed by atoms with Crippen molar-refractivity contribution in [3.63, 3.8) is 0 Å². The molecule has 0 aromatic carbocycles. The second-order valence-corrected chi connectivity index (χ2v) is 5.82. The van der Waals surface area contributed by atoms with Crippen LogP contribution in [0, 0.1) is 0 Å². The summed E-state index contributed by atoms with van der Waals surface area (Å²) in [5, 5.41) is 3.76. The molecular formula is C15H31N. The van der Waals surface area contributed by atoms with Crippen LogP contribution in [-0.4, -0.2) is 12.1 Å². The van der Waals surface area contributed by atoms with E-state index in [2.05, 4.69) is 19.2 Å². The molecule has 1 rings (SSSR count). The van der Waals surface area contributed by atoms with Crippen LogP contribution in [0.1, 0.15) is 84.5 Å². The predicted molar refractivity (Wildman–Crippen MR) is 72.9 cm³/mol. The molecule has 0 aromatic heterocycles. The van der Waals surface area contributed by atoms with Gasteiger partial charge < -0.3 is 5.32 Å². The molecular weight excluding hydrogens is 194 g/mol. The predicted octanol–water partition coefficient (Wildman–Crippen LogP) is 4.66. The molecule has 0 aromatic rings. The summed E-state index contributed by atoms with van der Waals surface area (Å²) in [6.45, 7) is 5.97. The minimum Gasteiger partial charge on any atom is -0.312 e. The summed E-state index contributed by atoms with van der Waals surface area (Å²) in [6.07, 6.45) is 15.6. The van der Waals surface area contributed by atoms with E-state index < -0.39 is 0 Å². The second-order valence-electron chi connectivity index (χ2n) is 5.82. The van der Waals surface area contributed by atoms with Crippen molar-refractivity contribution in [2.45, 2.75) is 90.0 Å². The molecule has 0 radical (unpaired) electrons. The first-order valence-corrected chi connectivity index (χ1v) is 7.52. The number of unbranched alkanes of at least 4 members (excludes halogenated alkanes) is 5. The normalized spacial score (nSPS) is 26.6. The molecule has 1 nitrogen and oxygen atoms in total. The maximum absolute atomic E-state index is 3.76. The van der Waals surface area contributed by atoms with Crippen molar-refractivity contribution >= 4 is 0 Å². The molecule has 96 valence electrons. The first kappa shape index (κ1) is 14.0. The molecule has 0 spiro atoms. The SMILES string of the molecule is CCCCCCCCC1(C)CCCCCN1. The van der Waals surface area contributed by atoms with E-state index in [4.69, 9.17) is 0 Å². The molecule has 1 aliphatic rings. The lowest BCUT2D eigenvalue weighted by Crippen LogP contribution is -2.41.